The molecule has 0 N–H and O–H groups in total. The van der Waals surface area contributed by atoms with Gasteiger partial charge in [0.25, 0.3) is 0 Å². The van der Waals surface area contributed by atoms with Crippen molar-refractivity contribution >= 4 is 11.7 Å². The SMILES string of the molecule is CCC(C)N(C)C(C)C(=O)N(C)C(C)C(C)=O. The lowest BCUT2D eigenvalue weighted by Gasteiger charge is -2.33. The van der Waals surface area contributed by atoms with Gasteiger partial charge in [0.15, 0.2) is 5.78 Å². The summed E-state index contributed by atoms with van der Waals surface area (Å²) in [6.45, 7) is 9.35. The largest absolute Gasteiger partial charge is 0.335 e. The summed E-state index contributed by atoms with van der Waals surface area (Å²) in [4.78, 5) is 27.0. The van der Waals surface area contributed by atoms with E-state index in [0.717, 1.165) is 6.42 Å². The molecule has 0 fully saturated rings. The summed E-state index contributed by atoms with van der Waals surface area (Å²) in [5, 5.41) is 0. The van der Waals surface area contributed by atoms with Crippen molar-refractivity contribution in [3.05, 3.63) is 0 Å². The van der Waals surface area contributed by atoms with Gasteiger partial charge < -0.3 is 4.90 Å². The van der Waals surface area contributed by atoms with E-state index in [0.29, 0.717) is 6.04 Å². The summed E-state index contributed by atoms with van der Waals surface area (Å²) >= 11 is 0. The maximum absolute atomic E-state index is 12.2. The van der Waals surface area contributed by atoms with E-state index in [-0.39, 0.29) is 23.8 Å². The standard InChI is InChI=1S/C13H26N2O2/c1-8-9(2)14(6)11(4)13(17)15(7)10(3)12(5)16/h9-11H,8H2,1-7H3. The third-order valence-corrected chi connectivity index (χ3v) is 3.77. The summed E-state index contributed by atoms with van der Waals surface area (Å²) in [5.41, 5.74) is 0. The Morgan fingerprint density at radius 3 is 1.88 bits per heavy atom. The lowest BCUT2D eigenvalue weighted by atomic mass is 10.1. The van der Waals surface area contributed by atoms with Gasteiger partial charge in [-0.2, -0.15) is 0 Å². The molecule has 4 nitrogen and oxygen atoms in total. The average Bonchev–Trinajstić information content (AvgIpc) is 2.32. The molecule has 0 saturated heterocycles. The fraction of sp³-hybridized carbons (Fsp3) is 0.846. The summed E-state index contributed by atoms with van der Waals surface area (Å²) in [6, 6.07) is -0.193. The van der Waals surface area contributed by atoms with Crippen LogP contribution in [0.2, 0.25) is 0 Å². The minimum absolute atomic E-state index is 0.00417. The fourth-order valence-electron chi connectivity index (χ4n) is 1.60. The van der Waals surface area contributed by atoms with Gasteiger partial charge in [-0.05, 0) is 41.2 Å². The number of carbonyl (C=O) groups is 2. The van der Waals surface area contributed by atoms with Crippen LogP contribution in [0.4, 0.5) is 0 Å². The van der Waals surface area contributed by atoms with Crippen LogP contribution >= 0.6 is 0 Å². The molecule has 0 spiro atoms. The first-order valence-electron chi connectivity index (χ1n) is 6.23. The van der Waals surface area contributed by atoms with E-state index in [1.807, 2.05) is 18.9 Å². The van der Waals surface area contributed by atoms with E-state index in [4.69, 9.17) is 0 Å². The summed E-state index contributed by atoms with van der Waals surface area (Å²) in [5.74, 6) is 0.00902. The molecule has 0 aliphatic carbocycles. The fourth-order valence-corrected chi connectivity index (χ4v) is 1.60. The van der Waals surface area contributed by atoms with Crippen molar-refractivity contribution in [1.29, 1.82) is 0 Å². The van der Waals surface area contributed by atoms with Crippen LogP contribution in [0.25, 0.3) is 0 Å². The van der Waals surface area contributed by atoms with Crippen LogP contribution < -0.4 is 0 Å². The highest BCUT2D eigenvalue weighted by atomic mass is 16.2. The normalized spacial score (nSPS) is 16.5. The third-order valence-electron chi connectivity index (χ3n) is 3.77. The second kappa shape index (κ2) is 6.74. The molecule has 0 bridgehead atoms. The molecule has 0 saturated carbocycles. The van der Waals surface area contributed by atoms with Crippen molar-refractivity contribution in [3.63, 3.8) is 0 Å². The van der Waals surface area contributed by atoms with Gasteiger partial charge >= 0.3 is 0 Å². The molecule has 17 heavy (non-hydrogen) atoms. The average molecular weight is 242 g/mol. The van der Waals surface area contributed by atoms with Crippen LogP contribution in [0.15, 0.2) is 0 Å². The molecule has 4 heteroatoms. The number of hydrogen-bond donors (Lipinski definition) is 0. The van der Waals surface area contributed by atoms with E-state index in [1.54, 1.807) is 14.0 Å². The molecule has 100 valence electrons. The zero-order valence-corrected chi connectivity index (χ0v) is 12.2. The summed E-state index contributed by atoms with van der Waals surface area (Å²) in [6.07, 6.45) is 1.00. The molecule has 0 radical (unpaired) electrons. The highest BCUT2D eigenvalue weighted by Crippen LogP contribution is 2.10. The van der Waals surface area contributed by atoms with Crippen molar-refractivity contribution in [2.75, 3.05) is 14.1 Å². The van der Waals surface area contributed by atoms with E-state index in [1.165, 1.54) is 11.8 Å². The first-order chi connectivity index (χ1) is 7.73. The molecule has 0 aromatic carbocycles. The predicted octanol–water partition coefficient (Wildman–Crippen LogP) is 1.54. The van der Waals surface area contributed by atoms with Gasteiger partial charge in [0.2, 0.25) is 5.91 Å². The number of Topliss-reactive ketones (excluding diaryl/α,β-unsaturated/α-hetero) is 1. The highest BCUT2D eigenvalue weighted by Gasteiger charge is 2.27. The molecule has 0 aromatic rings. The minimum Gasteiger partial charge on any atom is -0.335 e. The van der Waals surface area contributed by atoms with Crippen LogP contribution in [0.5, 0.6) is 0 Å². The van der Waals surface area contributed by atoms with Crippen molar-refractivity contribution in [3.8, 4) is 0 Å². The molecule has 0 heterocycles. The van der Waals surface area contributed by atoms with Gasteiger partial charge in [0.05, 0.1) is 12.1 Å². The maximum Gasteiger partial charge on any atom is 0.239 e. The van der Waals surface area contributed by atoms with Crippen molar-refractivity contribution < 1.29 is 9.59 Å². The molecule has 0 aromatic heterocycles. The first-order valence-corrected chi connectivity index (χ1v) is 6.23. The Balaban J connectivity index is 4.64. The lowest BCUT2D eigenvalue weighted by Crippen LogP contribution is -2.50. The van der Waals surface area contributed by atoms with Crippen LogP contribution in [-0.4, -0.2) is 53.7 Å². The lowest BCUT2D eigenvalue weighted by molar-refractivity contribution is -0.141. The molecular weight excluding hydrogens is 216 g/mol. The summed E-state index contributed by atoms with van der Waals surface area (Å²) in [7, 11) is 3.64. The number of amides is 1. The van der Waals surface area contributed by atoms with Gasteiger partial charge in [-0.1, -0.05) is 6.92 Å². The molecule has 0 aliphatic rings. The van der Waals surface area contributed by atoms with Crippen molar-refractivity contribution in [2.45, 2.75) is 59.2 Å². The van der Waals surface area contributed by atoms with E-state index >= 15 is 0 Å². The molecule has 3 atom stereocenters. The Hall–Kier alpha value is -0.900. The van der Waals surface area contributed by atoms with Gasteiger partial charge in [-0.15, -0.1) is 0 Å². The topological polar surface area (TPSA) is 40.6 Å². The predicted molar refractivity (Wildman–Crippen MR) is 69.9 cm³/mol. The van der Waals surface area contributed by atoms with Gasteiger partial charge in [0, 0.05) is 13.1 Å². The number of carbonyl (C=O) groups excluding carboxylic acids is 2. The quantitative estimate of drug-likeness (QED) is 0.709. The van der Waals surface area contributed by atoms with E-state index in [9.17, 15) is 9.59 Å². The Morgan fingerprint density at radius 2 is 1.53 bits per heavy atom. The second-order valence-corrected chi connectivity index (χ2v) is 4.83. The summed E-state index contributed by atoms with van der Waals surface area (Å²) < 4.78 is 0. The number of likely N-dealkylation sites (N-methyl/N-ethyl adjacent to an activating group) is 2. The Morgan fingerprint density at radius 1 is 1.06 bits per heavy atom. The zero-order chi connectivity index (χ0) is 13.7. The van der Waals surface area contributed by atoms with Gasteiger partial charge in [0.1, 0.15) is 0 Å². The third kappa shape index (κ3) is 4.11. The number of nitrogens with zero attached hydrogens (tertiary/aromatic N) is 2. The Bertz CT molecular complexity index is 279. The molecule has 1 amide bonds. The van der Waals surface area contributed by atoms with Gasteiger partial charge in [-0.25, -0.2) is 0 Å². The number of ketones is 1. The maximum atomic E-state index is 12.2. The number of rotatable bonds is 6. The highest BCUT2D eigenvalue weighted by molar-refractivity contribution is 5.89. The Kier molecular flexibility index (Phi) is 6.39. The van der Waals surface area contributed by atoms with Crippen molar-refractivity contribution in [2.24, 2.45) is 0 Å². The smallest absolute Gasteiger partial charge is 0.239 e. The van der Waals surface area contributed by atoms with Crippen LogP contribution in [-0.2, 0) is 9.59 Å². The van der Waals surface area contributed by atoms with Gasteiger partial charge in [-0.3, -0.25) is 14.5 Å². The van der Waals surface area contributed by atoms with E-state index < -0.39 is 0 Å². The molecule has 0 rings (SSSR count). The first kappa shape index (κ1) is 16.1. The van der Waals surface area contributed by atoms with E-state index in [2.05, 4.69) is 13.8 Å². The zero-order valence-electron chi connectivity index (χ0n) is 12.2. The van der Waals surface area contributed by atoms with Crippen LogP contribution in [0, 0.1) is 0 Å². The van der Waals surface area contributed by atoms with Crippen LogP contribution in [0.1, 0.15) is 41.0 Å². The number of hydrogen-bond acceptors (Lipinski definition) is 3. The molecule has 0 aliphatic heterocycles. The Labute approximate surface area is 105 Å². The molecule has 3 unspecified atom stereocenters. The van der Waals surface area contributed by atoms with Crippen LogP contribution in [0.3, 0.4) is 0 Å². The van der Waals surface area contributed by atoms with Crippen molar-refractivity contribution in [1.82, 2.24) is 9.80 Å². The second-order valence-electron chi connectivity index (χ2n) is 4.83. The monoisotopic (exact) mass is 242 g/mol. The molecular formula is C13H26N2O2. The minimum atomic E-state index is -0.352.